The van der Waals surface area contributed by atoms with Crippen LogP contribution in [0.4, 0.5) is 0 Å². The fourth-order valence-corrected chi connectivity index (χ4v) is 1.90. The third-order valence-electron chi connectivity index (χ3n) is 2.71. The molecule has 1 aromatic carbocycles. The SMILES string of the molecule is CCOc1ccc(-c2ncccc2CCO)cc1. The summed E-state index contributed by atoms with van der Waals surface area (Å²) in [7, 11) is 0. The second kappa shape index (κ2) is 6.17. The zero-order chi connectivity index (χ0) is 12.8. The fraction of sp³-hybridized carbons (Fsp3) is 0.267. The van der Waals surface area contributed by atoms with E-state index in [1.807, 2.05) is 43.3 Å². The number of pyridine rings is 1. The number of nitrogens with zero attached hydrogens (tertiary/aromatic N) is 1. The Balaban J connectivity index is 2.30. The Bertz CT molecular complexity index is 494. The van der Waals surface area contributed by atoms with Gasteiger partial charge in [0.1, 0.15) is 5.75 Å². The van der Waals surface area contributed by atoms with Crippen molar-refractivity contribution in [1.29, 1.82) is 0 Å². The molecule has 0 unspecified atom stereocenters. The highest BCUT2D eigenvalue weighted by Gasteiger charge is 2.05. The smallest absolute Gasteiger partial charge is 0.119 e. The van der Waals surface area contributed by atoms with E-state index in [-0.39, 0.29) is 6.61 Å². The summed E-state index contributed by atoms with van der Waals surface area (Å²) < 4.78 is 5.41. The fourth-order valence-electron chi connectivity index (χ4n) is 1.90. The molecule has 1 N–H and O–H groups in total. The topological polar surface area (TPSA) is 42.4 Å². The molecular weight excluding hydrogens is 226 g/mol. The number of hydrogen-bond donors (Lipinski definition) is 1. The number of hydrogen-bond acceptors (Lipinski definition) is 3. The highest BCUT2D eigenvalue weighted by molar-refractivity contribution is 5.63. The third kappa shape index (κ3) is 2.87. The summed E-state index contributed by atoms with van der Waals surface area (Å²) in [5.74, 6) is 0.862. The van der Waals surface area contributed by atoms with Crippen LogP contribution in [0.1, 0.15) is 12.5 Å². The Labute approximate surface area is 107 Å². The number of rotatable bonds is 5. The van der Waals surface area contributed by atoms with E-state index in [1.165, 1.54) is 0 Å². The van der Waals surface area contributed by atoms with Gasteiger partial charge in [-0.15, -0.1) is 0 Å². The minimum atomic E-state index is 0.135. The summed E-state index contributed by atoms with van der Waals surface area (Å²) in [6.45, 7) is 2.76. The monoisotopic (exact) mass is 243 g/mol. The second-order valence-corrected chi connectivity index (χ2v) is 3.94. The van der Waals surface area contributed by atoms with Crippen LogP contribution >= 0.6 is 0 Å². The van der Waals surface area contributed by atoms with Crippen LogP contribution in [-0.2, 0) is 6.42 Å². The number of aliphatic hydroxyl groups excluding tert-OH is 1. The average molecular weight is 243 g/mol. The molecule has 0 spiro atoms. The molecule has 94 valence electrons. The largest absolute Gasteiger partial charge is 0.494 e. The van der Waals surface area contributed by atoms with E-state index in [1.54, 1.807) is 6.20 Å². The van der Waals surface area contributed by atoms with Gasteiger partial charge in [-0.2, -0.15) is 0 Å². The van der Waals surface area contributed by atoms with Crippen molar-refractivity contribution >= 4 is 0 Å². The van der Waals surface area contributed by atoms with Gasteiger partial charge in [0, 0.05) is 18.4 Å². The van der Waals surface area contributed by atoms with Crippen molar-refractivity contribution in [3.8, 4) is 17.0 Å². The summed E-state index contributed by atoms with van der Waals surface area (Å²) in [6, 6.07) is 11.8. The van der Waals surface area contributed by atoms with Crippen LogP contribution < -0.4 is 4.74 Å². The Hall–Kier alpha value is -1.87. The summed E-state index contributed by atoms with van der Waals surface area (Å²) in [5, 5.41) is 9.06. The maximum Gasteiger partial charge on any atom is 0.119 e. The minimum absolute atomic E-state index is 0.135. The maximum absolute atomic E-state index is 9.06. The molecule has 3 nitrogen and oxygen atoms in total. The second-order valence-electron chi connectivity index (χ2n) is 3.94. The quantitative estimate of drug-likeness (QED) is 0.878. The predicted molar refractivity (Wildman–Crippen MR) is 71.6 cm³/mol. The Morgan fingerprint density at radius 2 is 1.94 bits per heavy atom. The van der Waals surface area contributed by atoms with Gasteiger partial charge >= 0.3 is 0 Å². The first-order valence-electron chi connectivity index (χ1n) is 6.13. The van der Waals surface area contributed by atoms with E-state index in [4.69, 9.17) is 9.84 Å². The molecular formula is C15H17NO2. The van der Waals surface area contributed by atoms with Crippen LogP contribution in [0.5, 0.6) is 5.75 Å². The van der Waals surface area contributed by atoms with Crippen LogP contribution in [0, 0.1) is 0 Å². The van der Waals surface area contributed by atoms with Crippen molar-refractivity contribution in [3.63, 3.8) is 0 Å². The van der Waals surface area contributed by atoms with E-state index in [0.29, 0.717) is 13.0 Å². The van der Waals surface area contributed by atoms with Crippen LogP contribution in [0.15, 0.2) is 42.6 Å². The summed E-state index contributed by atoms with van der Waals surface area (Å²) in [4.78, 5) is 4.39. The summed E-state index contributed by atoms with van der Waals surface area (Å²) >= 11 is 0. The van der Waals surface area contributed by atoms with Crippen LogP contribution in [0.25, 0.3) is 11.3 Å². The van der Waals surface area contributed by atoms with E-state index in [2.05, 4.69) is 4.98 Å². The molecule has 2 rings (SSSR count). The Morgan fingerprint density at radius 3 is 2.61 bits per heavy atom. The molecule has 18 heavy (non-hydrogen) atoms. The molecule has 0 fully saturated rings. The Morgan fingerprint density at radius 1 is 1.17 bits per heavy atom. The molecule has 1 heterocycles. The van der Waals surface area contributed by atoms with Crippen molar-refractivity contribution in [2.24, 2.45) is 0 Å². The van der Waals surface area contributed by atoms with E-state index in [0.717, 1.165) is 22.6 Å². The molecule has 0 radical (unpaired) electrons. The van der Waals surface area contributed by atoms with Crippen molar-refractivity contribution in [2.45, 2.75) is 13.3 Å². The predicted octanol–water partition coefficient (Wildman–Crippen LogP) is 2.68. The molecule has 0 aliphatic rings. The van der Waals surface area contributed by atoms with E-state index < -0.39 is 0 Å². The standard InChI is InChI=1S/C15H17NO2/c1-2-18-14-7-5-13(6-8-14)15-12(9-11-17)4-3-10-16-15/h3-8,10,17H,2,9,11H2,1H3. The highest BCUT2D eigenvalue weighted by Crippen LogP contribution is 2.24. The number of benzene rings is 1. The molecule has 0 atom stereocenters. The number of ether oxygens (including phenoxy) is 1. The van der Waals surface area contributed by atoms with Crippen molar-refractivity contribution in [1.82, 2.24) is 4.98 Å². The number of aromatic nitrogens is 1. The normalized spacial score (nSPS) is 10.3. The lowest BCUT2D eigenvalue weighted by molar-refractivity contribution is 0.299. The zero-order valence-electron chi connectivity index (χ0n) is 10.5. The van der Waals surface area contributed by atoms with Gasteiger partial charge in [0.15, 0.2) is 0 Å². The Kier molecular flexibility index (Phi) is 4.31. The van der Waals surface area contributed by atoms with Gasteiger partial charge in [-0.25, -0.2) is 0 Å². The van der Waals surface area contributed by atoms with Crippen LogP contribution in [-0.4, -0.2) is 23.3 Å². The minimum Gasteiger partial charge on any atom is -0.494 e. The molecule has 0 amide bonds. The molecule has 0 aliphatic heterocycles. The van der Waals surface area contributed by atoms with Crippen molar-refractivity contribution in [3.05, 3.63) is 48.2 Å². The molecule has 0 aliphatic carbocycles. The van der Waals surface area contributed by atoms with Crippen LogP contribution in [0.2, 0.25) is 0 Å². The first-order chi connectivity index (χ1) is 8.85. The van der Waals surface area contributed by atoms with E-state index in [9.17, 15) is 0 Å². The molecule has 0 saturated carbocycles. The summed E-state index contributed by atoms with van der Waals surface area (Å²) in [6.07, 6.45) is 2.39. The van der Waals surface area contributed by atoms with Gasteiger partial charge in [0.2, 0.25) is 0 Å². The van der Waals surface area contributed by atoms with Gasteiger partial charge in [0.25, 0.3) is 0 Å². The van der Waals surface area contributed by atoms with Gasteiger partial charge in [0.05, 0.1) is 12.3 Å². The van der Waals surface area contributed by atoms with E-state index >= 15 is 0 Å². The lowest BCUT2D eigenvalue weighted by atomic mass is 10.0. The molecule has 3 heteroatoms. The average Bonchev–Trinajstić information content (AvgIpc) is 2.41. The van der Waals surface area contributed by atoms with Gasteiger partial charge < -0.3 is 9.84 Å². The third-order valence-corrected chi connectivity index (χ3v) is 2.71. The highest BCUT2D eigenvalue weighted by atomic mass is 16.5. The first kappa shape index (κ1) is 12.6. The lowest BCUT2D eigenvalue weighted by Gasteiger charge is -2.08. The molecule has 1 aromatic heterocycles. The maximum atomic E-state index is 9.06. The van der Waals surface area contributed by atoms with Crippen molar-refractivity contribution < 1.29 is 9.84 Å². The van der Waals surface area contributed by atoms with Gasteiger partial charge in [-0.3, -0.25) is 4.98 Å². The lowest BCUT2D eigenvalue weighted by Crippen LogP contribution is -1.96. The van der Waals surface area contributed by atoms with Gasteiger partial charge in [-0.05, 0) is 49.2 Å². The van der Waals surface area contributed by atoms with Crippen LogP contribution in [0.3, 0.4) is 0 Å². The molecule has 0 saturated heterocycles. The van der Waals surface area contributed by atoms with Crippen molar-refractivity contribution in [2.75, 3.05) is 13.2 Å². The first-order valence-corrected chi connectivity index (χ1v) is 6.13. The van der Waals surface area contributed by atoms with Gasteiger partial charge in [-0.1, -0.05) is 6.07 Å². The summed E-state index contributed by atoms with van der Waals surface area (Å²) in [5.41, 5.74) is 3.03. The molecule has 2 aromatic rings. The number of aliphatic hydroxyl groups is 1. The zero-order valence-corrected chi connectivity index (χ0v) is 10.5. The molecule has 0 bridgehead atoms.